The van der Waals surface area contributed by atoms with Crippen LogP contribution in [0.3, 0.4) is 0 Å². The molecule has 1 aromatic rings. The van der Waals surface area contributed by atoms with Gasteiger partial charge in [0.15, 0.2) is 0 Å². The van der Waals surface area contributed by atoms with E-state index in [-0.39, 0.29) is 12.1 Å². The summed E-state index contributed by atoms with van der Waals surface area (Å²) in [4.78, 5) is 11.8. The van der Waals surface area contributed by atoms with Crippen LogP contribution in [0.2, 0.25) is 0 Å². The molecule has 0 spiro atoms. The lowest BCUT2D eigenvalue weighted by Crippen LogP contribution is -2.38. The number of urea groups is 1. The third-order valence-corrected chi connectivity index (χ3v) is 2.48. The molecule has 0 saturated carbocycles. The van der Waals surface area contributed by atoms with Crippen molar-refractivity contribution >= 4 is 11.7 Å². The van der Waals surface area contributed by atoms with Crippen molar-refractivity contribution in [2.45, 2.75) is 26.8 Å². The fourth-order valence-electron chi connectivity index (χ4n) is 1.68. The van der Waals surface area contributed by atoms with Gasteiger partial charge in [0.1, 0.15) is 5.75 Å². The van der Waals surface area contributed by atoms with Crippen molar-refractivity contribution in [2.75, 3.05) is 25.6 Å². The maximum Gasteiger partial charge on any atom is 0.319 e. The largest absolute Gasteiger partial charge is 0.492 e. The van der Waals surface area contributed by atoms with Crippen LogP contribution in [0.5, 0.6) is 5.75 Å². The number of benzene rings is 1. The second-order valence-electron chi connectivity index (χ2n) is 4.39. The minimum Gasteiger partial charge on any atom is -0.492 e. The molecule has 0 aliphatic heterocycles. The highest BCUT2D eigenvalue weighted by Gasteiger charge is 2.10. The molecule has 5 nitrogen and oxygen atoms in total. The quantitative estimate of drug-likeness (QED) is 0.832. The number of amides is 2. The van der Waals surface area contributed by atoms with Crippen LogP contribution in [0.15, 0.2) is 18.2 Å². The van der Waals surface area contributed by atoms with Crippen molar-refractivity contribution in [1.82, 2.24) is 5.32 Å². The summed E-state index contributed by atoms with van der Waals surface area (Å²) < 4.78 is 10.5. The van der Waals surface area contributed by atoms with Crippen LogP contribution in [0.1, 0.15) is 19.4 Å². The van der Waals surface area contributed by atoms with Crippen molar-refractivity contribution in [2.24, 2.45) is 0 Å². The number of ether oxygens (including phenoxy) is 2. The van der Waals surface area contributed by atoms with Crippen LogP contribution in [0, 0.1) is 6.92 Å². The van der Waals surface area contributed by atoms with E-state index in [2.05, 4.69) is 10.6 Å². The van der Waals surface area contributed by atoms with Crippen molar-refractivity contribution in [3.05, 3.63) is 23.8 Å². The van der Waals surface area contributed by atoms with E-state index in [0.29, 0.717) is 24.7 Å². The highest BCUT2D eigenvalue weighted by atomic mass is 16.5. The van der Waals surface area contributed by atoms with Gasteiger partial charge in [0, 0.05) is 7.11 Å². The summed E-state index contributed by atoms with van der Waals surface area (Å²) in [5.41, 5.74) is 1.75. The molecule has 0 bridgehead atoms. The average Bonchev–Trinajstić information content (AvgIpc) is 2.33. The lowest BCUT2D eigenvalue weighted by molar-refractivity contribution is 0.173. The number of carbonyl (C=O) groups is 1. The summed E-state index contributed by atoms with van der Waals surface area (Å²) in [6, 6.07) is 5.34. The highest BCUT2D eigenvalue weighted by molar-refractivity contribution is 5.91. The Morgan fingerprint density at radius 2 is 2.16 bits per heavy atom. The van der Waals surface area contributed by atoms with Gasteiger partial charge in [0.2, 0.25) is 0 Å². The van der Waals surface area contributed by atoms with E-state index in [0.717, 1.165) is 5.56 Å². The van der Waals surface area contributed by atoms with Crippen LogP contribution < -0.4 is 15.4 Å². The zero-order valence-corrected chi connectivity index (χ0v) is 11.9. The first-order valence-corrected chi connectivity index (χ1v) is 6.36. The van der Waals surface area contributed by atoms with E-state index < -0.39 is 0 Å². The average molecular weight is 266 g/mol. The number of hydrogen-bond donors (Lipinski definition) is 2. The van der Waals surface area contributed by atoms with Crippen LogP contribution in [0.4, 0.5) is 10.5 Å². The molecular formula is C14H22N2O3. The summed E-state index contributed by atoms with van der Waals surface area (Å²) >= 11 is 0. The molecule has 1 atom stereocenters. The molecular weight excluding hydrogens is 244 g/mol. The number of methoxy groups -OCH3 is 1. The SMILES string of the molecule is CCOc1cc(C)ccc1NC(=O)NC(C)COC. The fraction of sp³-hybridized carbons (Fsp3) is 0.500. The molecule has 1 unspecified atom stereocenters. The van der Waals surface area contributed by atoms with Gasteiger partial charge in [0.25, 0.3) is 0 Å². The molecule has 0 saturated heterocycles. The molecule has 1 rings (SSSR count). The number of carbonyl (C=O) groups excluding carboxylic acids is 1. The van der Waals surface area contributed by atoms with Crippen LogP contribution in [0.25, 0.3) is 0 Å². The van der Waals surface area contributed by atoms with Gasteiger partial charge in [-0.05, 0) is 38.5 Å². The van der Waals surface area contributed by atoms with Gasteiger partial charge in [0.05, 0.1) is 24.9 Å². The van der Waals surface area contributed by atoms with Crippen molar-refractivity contribution in [3.63, 3.8) is 0 Å². The van der Waals surface area contributed by atoms with Crippen molar-refractivity contribution < 1.29 is 14.3 Å². The maximum absolute atomic E-state index is 11.8. The van der Waals surface area contributed by atoms with E-state index in [9.17, 15) is 4.79 Å². The predicted molar refractivity (Wildman–Crippen MR) is 75.8 cm³/mol. The first-order chi connectivity index (χ1) is 9.06. The van der Waals surface area contributed by atoms with Crippen molar-refractivity contribution in [3.8, 4) is 5.75 Å². The minimum atomic E-state index is -0.269. The lowest BCUT2D eigenvalue weighted by Gasteiger charge is -2.16. The van der Waals surface area contributed by atoms with Gasteiger partial charge in [-0.1, -0.05) is 6.07 Å². The minimum absolute atomic E-state index is 0.0500. The van der Waals surface area contributed by atoms with Crippen molar-refractivity contribution in [1.29, 1.82) is 0 Å². The highest BCUT2D eigenvalue weighted by Crippen LogP contribution is 2.25. The van der Waals surface area contributed by atoms with Gasteiger partial charge in [-0.2, -0.15) is 0 Å². The molecule has 0 aliphatic carbocycles. The molecule has 0 heterocycles. The third-order valence-electron chi connectivity index (χ3n) is 2.48. The molecule has 2 amide bonds. The molecule has 5 heteroatoms. The van der Waals surface area contributed by atoms with Crippen LogP contribution in [-0.2, 0) is 4.74 Å². The molecule has 2 N–H and O–H groups in total. The van der Waals surface area contributed by atoms with E-state index in [4.69, 9.17) is 9.47 Å². The first kappa shape index (κ1) is 15.3. The smallest absolute Gasteiger partial charge is 0.319 e. The van der Waals surface area contributed by atoms with Crippen LogP contribution >= 0.6 is 0 Å². The first-order valence-electron chi connectivity index (χ1n) is 6.36. The summed E-state index contributed by atoms with van der Waals surface area (Å²) in [7, 11) is 1.60. The topological polar surface area (TPSA) is 59.6 Å². The molecule has 0 aliphatic rings. The molecule has 0 radical (unpaired) electrons. The Kier molecular flexibility index (Phi) is 6.15. The van der Waals surface area contributed by atoms with Gasteiger partial charge < -0.3 is 20.1 Å². The molecule has 106 valence electrons. The normalized spacial score (nSPS) is 11.8. The number of hydrogen-bond acceptors (Lipinski definition) is 3. The van der Waals surface area contributed by atoms with Gasteiger partial charge in [-0.3, -0.25) is 0 Å². The Morgan fingerprint density at radius 3 is 2.79 bits per heavy atom. The lowest BCUT2D eigenvalue weighted by atomic mass is 10.2. The molecule has 0 aromatic heterocycles. The van der Waals surface area contributed by atoms with Gasteiger partial charge in [-0.25, -0.2) is 4.79 Å². The second-order valence-corrected chi connectivity index (χ2v) is 4.39. The van der Waals surface area contributed by atoms with E-state index in [1.165, 1.54) is 0 Å². The number of nitrogens with one attached hydrogen (secondary N) is 2. The summed E-state index contributed by atoms with van der Waals surface area (Å²) in [6.45, 7) is 6.79. The van der Waals surface area contributed by atoms with Crippen LogP contribution in [-0.4, -0.2) is 32.4 Å². The molecule has 19 heavy (non-hydrogen) atoms. The number of aryl methyl sites for hydroxylation is 1. The predicted octanol–water partition coefficient (Wildman–Crippen LogP) is 2.55. The second kappa shape index (κ2) is 7.63. The number of anilines is 1. The summed E-state index contributed by atoms with van der Waals surface area (Å²) in [5, 5.41) is 5.56. The maximum atomic E-state index is 11.8. The Bertz CT molecular complexity index is 421. The molecule has 1 aromatic carbocycles. The summed E-state index contributed by atoms with van der Waals surface area (Å²) in [5.74, 6) is 0.678. The zero-order chi connectivity index (χ0) is 14.3. The number of rotatable bonds is 6. The Labute approximate surface area is 114 Å². The zero-order valence-electron chi connectivity index (χ0n) is 11.9. The Balaban J connectivity index is 2.67. The van der Waals surface area contributed by atoms with E-state index >= 15 is 0 Å². The standard InChI is InChI=1S/C14H22N2O3/c1-5-19-13-8-10(2)6-7-12(13)16-14(17)15-11(3)9-18-4/h6-8,11H,5,9H2,1-4H3,(H2,15,16,17). The Morgan fingerprint density at radius 1 is 1.42 bits per heavy atom. The van der Waals surface area contributed by atoms with Gasteiger partial charge >= 0.3 is 6.03 Å². The monoisotopic (exact) mass is 266 g/mol. The van der Waals surface area contributed by atoms with Gasteiger partial charge in [-0.15, -0.1) is 0 Å². The van der Waals surface area contributed by atoms with E-state index in [1.54, 1.807) is 7.11 Å². The molecule has 0 fully saturated rings. The Hall–Kier alpha value is -1.75. The summed E-state index contributed by atoms with van der Waals surface area (Å²) in [6.07, 6.45) is 0. The third kappa shape index (κ3) is 5.18. The fourth-order valence-corrected chi connectivity index (χ4v) is 1.68. The van der Waals surface area contributed by atoms with E-state index in [1.807, 2.05) is 39.0 Å².